The number of amides is 2. The zero-order chi connectivity index (χ0) is 25.7. The third kappa shape index (κ3) is 5.62. The smallest absolute Gasteiger partial charge is 0.262 e. The fraction of sp³-hybridized carbons (Fsp3) is 0.444. The highest BCUT2D eigenvalue weighted by atomic mass is 16.5. The van der Waals surface area contributed by atoms with E-state index in [1.54, 1.807) is 39.4 Å². The summed E-state index contributed by atoms with van der Waals surface area (Å²) in [7, 11) is 6.39. The zero-order valence-corrected chi connectivity index (χ0v) is 21.2. The second-order valence-corrected chi connectivity index (χ2v) is 8.87. The molecule has 0 bridgehead atoms. The van der Waals surface area contributed by atoms with Crippen LogP contribution in [-0.4, -0.2) is 75.6 Å². The minimum Gasteiger partial charge on any atom is -0.497 e. The molecule has 1 saturated carbocycles. The maximum Gasteiger partial charge on any atom is 0.262 e. The van der Waals surface area contributed by atoms with Gasteiger partial charge >= 0.3 is 0 Å². The molecule has 1 fully saturated rings. The highest BCUT2D eigenvalue weighted by Gasteiger charge is 2.38. The van der Waals surface area contributed by atoms with E-state index in [2.05, 4.69) is 0 Å². The minimum atomic E-state index is -0.328. The summed E-state index contributed by atoms with van der Waals surface area (Å²) in [5, 5.41) is 6.26. The van der Waals surface area contributed by atoms with Crippen LogP contribution in [0.15, 0.2) is 47.6 Å². The molecule has 0 N–H and O–H groups in total. The predicted molar refractivity (Wildman–Crippen MR) is 134 cm³/mol. The Morgan fingerprint density at radius 2 is 1.67 bits per heavy atom. The van der Waals surface area contributed by atoms with Gasteiger partial charge in [0.05, 0.1) is 39.7 Å². The SMILES string of the molecule is COCCN(CC(=O)N1N=C(c2ccc(OC)cc2OC)C[C@@H]1c1ccc(OC)cc1)C(=O)C1CC1. The summed E-state index contributed by atoms with van der Waals surface area (Å²) in [5.41, 5.74) is 2.44. The highest BCUT2D eigenvalue weighted by molar-refractivity contribution is 6.05. The van der Waals surface area contributed by atoms with Crippen molar-refractivity contribution in [2.75, 3.05) is 48.1 Å². The van der Waals surface area contributed by atoms with Gasteiger partial charge in [-0.05, 0) is 42.7 Å². The first kappa shape index (κ1) is 25.5. The lowest BCUT2D eigenvalue weighted by Crippen LogP contribution is -2.43. The number of methoxy groups -OCH3 is 4. The topological polar surface area (TPSA) is 89.9 Å². The van der Waals surface area contributed by atoms with Crippen LogP contribution in [-0.2, 0) is 14.3 Å². The molecule has 1 atom stereocenters. The van der Waals surface area contributed by atoms with E-state index in [0.717, 1.165) is 35.4 Å². The van der Waals surface area contributed by atoms with Gasteiger partial charge in [-0.1, -0.05) is 12.1 Å². The molecular weight excluding hydrogens is 462 g/mol. The number of carbonyl (C=O) groups is 2. The first-order chi connectivity index (χ1) is 17.5. The first-order valence-electron chi connectivity index (χ1n) is 12.0. The van der Waals surface area contributed by atoms with Gasteiger partial charge in [0, 0.05) is 37.6 Å². The van der Waals surface area contributed by atoms with E-state index in [1.165, 1.54) is 5.01 Å². The van der Waals surface area contributed by atoms with E-state index in [0.29, 0.717) is 31.1 Å². The molecule has 0 spiro atoms. The third-order valence-electron chi connectivity index (χ3n) is 6.52. The lowest BCUT2D eigenvalue weighted by Gasteiger charge is -2.27. The highest BCUT2D eigenvalue weighted by Crippen LogP contribution is 2.37. The Morgan fingerprint density at radius 1 is 0.972 bits per heavy atom. The number of hydrogen-bond acceptors (Lipinski definition) is 7. The van der Waals surface area contributed by atoms with Crippen LogP contribution in [0.25, 0.3) is 0 Å². The second-order valence-electron chi connectivity index (χ2n) is 8.87. The Hall–Kier alpha value is -3.59. The summed E-state index contributed by atoms with van der Waals surface area (Å²) in [6.45, 7) is 0.675. The molecule has 2 amide bonds. The molecule has 0 aromatic heterocycles. The quantitative estimate of drug-likeness (QED) is 0.475. The van der Waals surface area contributed by atoms with Crippen LogP contribution in [0.3, 0.4) is 0 Å². The average molecular weight is 496 g/mol. The molecule has 0 radical (unpaired) electrons. The van der Waals surface area contributed by atoms with Crippen molar-refractivity contribution in [1.29, 1.82) is 0 Å². The Bertz CT molecular complexity index is 1110. The van der Waals surface area contributed by atoms with Crippen molar-refractivity contribution in [3.63, 3.8) is 0 Å². The molecule has 1 heterocycles. The number of hydrazone groups is 1. The van der Waals surface area contributed by atoms with Crippen molar-refractivity contribution in [3.8, 4) is 17.2 Å². The summed E-state index contributed by atoms with van der Waals surface area (Å²) in [5.74, 6) is 1.77. The van der Waals surface area contributed by atoms with E-state index in [1.807, 2.05) is 36.4 Å². The molecule has 2 aliphatic rings. The summed E-state index contributed by atoms with van der Waals surface area (Å²) in [4.78, 5) is 28.0. The van der Waals surface area contributed by atoms with Gasteiger partial charge in [0.1, 0.15) is 23.8 Å². The number of rotatable bonds is 11. The van der Waals surface area contributed by atoms with Gasteiger partial charge in [-0.2, -0.15) is 5.10 Å². The van der Waals surface area contributed by atoms with Crippen molar-refractivity contribution in [3.05, 3.63) is 53.6 Å². The van der Waals surface area contributed by atoms with Crippen molar-refractivity contribution < 1.29 is 28.5 Å². The first-order valence-corrected chi connectivity index (χ1v) is 12.0. The maximum absolute atomic E-state index is 13.6. The maximum atomic E-state index is 13.6. The molecule has 1 aliphatic carbocycles. The Balaban J connectivity index is 1.65. The minimum absolute atomic E-state index is 0.00150. The number of ether oxygens (including phenoxy) is 4. The van der Waals surface area contributed by atoms with Crippen molar-refractivity contribution in [2.24, 2.45) is 11.0 Å². The molecule has 2 aromatic carbocycles. The van der Waals surface area contributed by atoms with Crippen LogP contribution in [0.5, 0.6) is 17.2 Å². The normalized spacial score (nSPS) is 16.9. The summed E-state index contributed by atoms with van der Waals surface area (Å²) in [6, 6.07) is 12.8. The van der Waals surface area contributed by atoms with Gasteiger partial charge in [-0.3, -0.25) is 9.59 Å². The van der Waals surface area contributed by atoms with E-state index < -0.39 is 0 Å². The van der Waals surface area contributed by atoms with Crippen molar-refractivity contribution in [1.82, 2.24) is 9.91 Å². The number of benzene rings is 2. The molecular formula is C27H33N3O6. The fourth-order valence-electron chi connectivity index (χ4n) is 4.32. The molecule has 2 aromatic rings. The van der Waals surface area contributed by atoms with E-state index >= 15 is 0 Å². The molecule has 36 heavy (non-hydrogen) atoms. The molecule has 9 heteroatoms. The standard InChI is InChI=1S/C27H33N3O6/c1-33-14-13-29(27(32)19-5-6-19)17-26(31)30-24(18-7-9-20(34-2)10-8-18)16-23(28-30)22-12-11-21(35-3)15-25(22)36-4/h7-12,15,19,24H,5-6,13-14,16-17H2,1-4H3/t24-/m1/s1. The monoisotopic (exact) mass is 495 g/mol. The van der Waals surface area contributed by atoms with Gasteiger partial charge in [-0.25, -0.2) is 5.01 Å². The largest absolute Gasteiger partial charge is 0.497 e. The van der Waals surface area contributed by atoms with Gasteiger partial charge in [0.25, 0.3) is 5.91 Å². The van der Waals surface area contributed by atoms with E-state index in [4.69, 9.17) is 24.0 Å². The van der Waals surface area contributed by atoms with Crippen LogP contribution in [0.1, 0.15) is 36.4 Å². The fourth-order valence-corrected chi connectivity index (χ4v) is 4.32. The number of nitrogens with zero attached hydrogens (tertiary/aromatic N) is 3. The van der Waals surface area contributed by atoms with Gasteiger partial charge < -0.3 is 23.8 Å². The lowest BCUT2D eigenvalue weighted by molar-refractivity contribution is -0.142. The molecule has 9 nitrogen and oxygen atoms in total. The average Bonchev–Trinajstić information content (AvgIpc) is 3.68. The van der Waals surface area contributed by atoms with E-state index in [-0.39, 0.29) is 30.3 Å². The third-order valence-corrected chi connectivity index (χ3v) is 6.52. The summed E-state index contributed by atoms with van der Waals surface area (Å²) in [6.07, 6.45) is 2.23. The van der Waals surface area contributed by atoms with Crippen LogP contribution in [0, 0.1) is 5.92 Å². The van der Waals surface area contributed by atoms with Crippen LogP contribution < -0.4 is 14.2 Å². The Labute approximate surface area is 211 Å². The van der Waals surface area contributed by atoms with Crippen molar-refractivity contribution in [2.45, 2.75) is 25.3 Å². The molecule has 1 aliphatic heterocycles. The molecule has 0 saturated heterocycles. The summed E-state index contributed by atoms with van der Waals surface area (Å²) >= 11 is 0. The Kier molecular flexibility index (Phi) is 8.10. The van der Waals surface area contributed by atoms with Crippen molar-refractivity contribution >= 4 is 17.5 Å². The van der Waals surface area contributed by atoms with Crippen LogP contribution >= 0.6 is 0 Å². The number of hydrogen-bond donors (Lipinski definition) is 0. The Morgan fingerprint density at radius 3 is 2.28 bits per heavy atom. The van der Waals surface area contributed by atoms with Gasteiger partial charge in [-0.15, -0.1) is 0 Å². The summed E-state index contributed by atoms with van der Waals surface area (Å²) < 4.78 is 21.4. The second kappa shape index (κ2) is 11.4. The van der Waals surface area contributed by atoms with Gasteiger partial charge in [0.15, 0.2) is 0 Å². The molecule has 192 valence electrons. The number of carbonyl (C=O) groups excluding carboxylic acids is 2. The van der Waals surface area contributed by atoms with Gasteiger partial charge in [0.2, 0.25) is 5.91 Å². The van der Waals surface area contributed by atoms with Crippen LogP contribution in [0.4, 0.5) is 0 Å². The van der Waals surface area contributed by atoms with E-state index in [9.17, 15) is 9.59 Å². The van der Waals surface area contributed by atoms with Crippen LogP contribution in [0.2, 0.25) is 0 Å². The zero-order valence-electron chi connectivity index (χ0n) is 21.2. The predicted octanol–water partition coefficient (Wildman–Crippen LogP) is 3.28. The molecule has 0 unspecified atom stereocenters. The molecule has 4 rings (SSSR count). The lowest BCUT2D eigenvalue weighted by atomic mass is 9.97.